The number of carbonyl (C=O) groups is 2. The number of likely N-dealkylation sites (N-methyl/N-ethyl adjacent to an activating group) is 1. The number of nitrogens with one attached hydrogen (secondary N) is 1. The summed E-state index contributed by atoms with van der Waals surface area (Å²) in [5.41, 5.74) is 1.05. The zero-order valence-corrected chi connectivity index (χ0v) is 20.1. The lowest BCUT2D eigenvalue weighted by atomic mass is 10.0. The first-order chi connectivity index (χ1) is 15.3. The van der Waals surface area contributed by atoms with Gasteiger partial charge in [-0.05, 0) is 25.0 Å². The van der Waals surface area contributed by atoms with E-state index >= 15 is 0 Å². The fourth-order valence-electron chi connectivity index (χ4n) is 3.85. The van der Waals surface area contributed by atoms with Crippen LogP contribution in [-0.2, 0) is 16.1 Å². The van der Waals surface area contributed by atoms with Gasteiger partial charge in [0.1, 0.15) is 17.4 Å². The van der Waals surface area contributed by atoms with Crippen molar-refractivity contribution in [3.05, 3.63) is 40.3 Å². The summed E-state index contributed by atoms with van der Waals surface area (Å²) in [5, 5.41) is 5.79. The standard InChI is InChI=1S/C23H32N4O4S/c1-15-11-27(13-22-24-8-9-32-22)16(2)14-31-20-10-18(25-17(3)28)6-7-19(20)23(29)26(4)12-21(15)30-5/h6-10,15-16,21H,11-14H2,1-5H3,(H,25,28)/t15-,16-,21+/m1/s1. The topological polar surface area (TPSA) is 84.0 Å². The summed E-state index contributed by atoms with van der Waals surface area (Å²) in [6, 6.07) is 5.20. The van der Waals surface area contributed by atoms with Gasteiger partial charge < -0.3 is 19.7 Å². The van der Waals surface area contributed by atoms with E-state index in [1.807, 2.05) is 11.6 Å². The molecule has 174 valence electrons. The maximum atomic E-state index is 13.2. The van der Waals surface area contributed by atoms with Crippen LogP contribution < -0.4 is 10.1 Å². The molecule has 1 aliphatic heterocycles. The number of anilines is 1. The minimum atomic E-state index is -0.179. The number of carbonyl (C=O) groups excluding carboxylic acids is 2. The van der Waals surface area contributed by atoms with E-state index in [9.17, 15) is 9.59 Å². The number of benzene rings is 1. The molecular weight excluding hydrogens is 428 g/mol. The van der Waals surface area contributed by atoms with Crippen LogP contribution in [0.25, 0.3) is 0 Å². The van der Waals surface area contributed by atoms with Gasteiger partial charge in [-0.25, -0.2) is 4.98 Å². The second-order valence-electron chi connectivity index (χ2n) is 8.34. The highest BCUT2D eigenvalue weighted by Gasteiger charge is 2.28. The smallest absolute Gasteiger partial charge is 0.257 e. The molecule has 1 aromatic carbocycles. The van der Waals surface area contributed by atoms with E-state index < -0.39 is 0 Å². The summed E-state index contributed by atoms with van der Waals surface area (Å²) >= 11 is 1.63. The van der Waals surface area contributed by atoms with Crippen LogP contribution in [0.1, 0.15) is 36.1 Å². The molecule has 0 bridgehead atoms. The molecular formula is C23H32N4O4S. The number of hydrogen-bond donors (Lipinski definition) is 1. The van der Waals surface area contributed by atoms with Gasteiger partial charge in [0.15, 0.2) is 0 Å². The Labute approximate surface area is 193 Å². The second kappa shape index (κ2) is 10.9. The molecule has 3 atom stereocenters. The van der Waals surface area contributed by atoms with Gasteiger partial charge in [-0.3, -0.25) is 14.5 Å². The molecule has 1 aliphatic rings. The predicted octanol–water partition coefficient (Wildman–Crippen LogP) is 3.11. The zero-order valence-electron chi connectivity index (χ0n) is 19.3. The van der Waals surface area contributed by atoms with E-state index in [0.29, 0.717) is 30.2 Å². The minimum Gasteiger partial charge on any atom is -0.491 e. The number of methoxy groups -OCH3 is 1. The van der Waals surface area contributed by atoms with Crippen molar-refractivity contribution in [3.63, 3.8) is 0 Å². The second-order valence-corrected chi connectivity index (χ2v) is 9.32. The molecule has 9 heteroatoms. The molecule has 2 amide bonds. The zero-order chi connectivity index (χ0) is 23.3. The maximum absolute atomic E-state index is 13.2. The Balaban J connectivity index is 1.94. The largest absolute Gasteiger partial charge is 0.491 e. The van der Waals surface area contributed by atoms with E-state index in [1.165, 1.54) is 6.92 Å². The summed E-state index contributed by atoms with van der Waals surface area (Å²) in [6.07, 6.45) is 1.71. The molecule has 1 N–H and O–H groups in total. The average molecular weight is 461 g/mol. The fraction of sp³-hybridized carbons (Fsp3) is 0.522. The van der Waals surface area contributed by atoms with Gasteiger partial charge in [0, 0.05) is 63.5 Å². The molecule has 2 aromatic rings. The first-order valence-electron chi connectivity index (χ1n) is 10.7. The van der Waals surface area contributed by atoms with Crippen LogP contribution in [-0.4, -0.2) is 72.6 Å². The summed E-state index contributed by atoms with van der Waals surface area (Å²) in [7, 11) is 3.46. The van der Waals surface area contributed by atoms with Gasteiger partial charge in [-0.2, -0.15) is 0 Å². The Kier molecular flexibility index (Phi) is 8.22. The van der Waals surface area contributed by atoms with Crippen LogP contribution in [0.4, 0.5) is 5.69 Å². The van der Waals surface area contributed by atoms with Crippen molar-refractivity contribution in [1.29, 1.82) is 0 Å². The molecule has 0 fully saturated rings. The number of amides is 2. The third-order valence-electron chi connectivity index (χ3n) is 5.72. The Morgan fingerprint density at radius 2 is 2.12 bits per heavy atom. The number of fused-ring (bicyclic) bond motifs is 1. The van der Waals surface area contributed by atoms with Gasteiger partial charge >= 0.3 is 0 Å². The molecule has 0 aliphatic carbocycles. The lowest BCUT2D eigenvalue weighted by Gasteiger charge is -2.35. The number of thiazole rings is 1. The van der Waals surface area contributed by atoms with Crippen molar-refractivity contribution in [3.8, 4) is 5.75 Å². The van der Waals surface area contributed by atoms with Gasteiger partial charge in [0.2, 0.25) is 5.91 Å². The number of rotatable bonds is 4. The summed E-state index contributed by atoms with van der Waals surface area (Å²) < 4.78 is 11.9. The summed E-state index contributed by atoms with van der Waals surface area (Å²) in [6.45, 7) is 8.06. The highest BCUT2D eigenvalue weighted by molar-refractivity contribution is 7.09. The summed E-state index contributed by atoms with van der Waals surface area (Å²) in [4.78, 5) is 33.2. The fourth-order valence-corrected chi connectivity index (χ4v) is 4.49. The van der Waals surface area contributed by atoms with Crippen molar-refractivity contribution in [1.82, 2.24) is 14.8 Å². The summed E-state index contributed by atoms with van der Waals surface area (Å²) in [5.74, 6) is 0.327. The molecule has 32 heavy (non-hydrogen) atoms. The number of aromatic nitrogens is 1. The molecule has 0 radical (unpaired) electrons. The minimum absolute atomic E-state index is 0.0726. The van der Waals surface area contributed by atoms with Crippen LogP contribution in [0.3, 0.4) is 0 Å². The van der Waals surface area contributed by atoms with Crippen LogP contribution >= 0.6 is 11.3 Å². The van der Waals surface area contributed by atoms with Crippen molar-refractivity contribution < 1.29 is 19.1 Å². The molecule has 0 spiro atoms. The molecule has 0 unspecified atom stereocenters. The van der Waals surface area contributed by atoms with Crippen molar-refractivity contribution >= 4 is 28.8 Å². The Hall–Kier alpha value is -2.49. The number of hydrogen-bond acceptors (Lipinski definition) is 7. The van der Waals surface area contributed by atoms with Gasteiger partial charge in [-0.15, -0.1) is 11.3 Å². The van der Waals surface area contributed by atoms with Crippen LogP contribution in [0, 0.1) is 5.92 Å². The van der Waals surface area contributed by atoms with Crippen LogP contribution in [0.15, 0.2) is 29.8 Å². The van der Waals surface area contributed by atoms with Crippen molar-refractivity contribution in [2.75, 3.05) is 39.2 Å². The quantitative estimate of drug-likeness (QED) is 0.755. The first kappa shape index (κ1) is 24.2. The van der Waals surface area contributed by atoms with E-state index in [0.717, 1.165) is 18.1 Å². The third kappa shape index (κ3) is 6.05. The van der Waals surface area contributed by atoms with E-state index in [-0.39, 0.29) is 29.9 Å². The lowest BCUT2D eigenvalue weighted by molar-refractivity contribution is -0.114. The maximum Gasteiger partial charge on any atom is 0.257 e. The molecule has 1 aromatic heterocycles. The molecule has 0 saturated heterocycles. The highest BCUT2D eigenvalue weighted by atomic mass is 32.1. The van der Waals surface area contributed by atoms with E-state index in [4.69, 9.17) is 9.47 Å². The van der Waals surface area contributed by atoms with Crippen LogP contribution in [0.2, 0.25) is 0 Å². The van der Waals surface area contributed by atoms with Gasteiger partial charge in [0.25, 0.3) is 5.91 Å². The van der Waals surface area contributed by atoms with Crippen LogP contribution in [0.5, 0.6) is 5.75 Å². The molecule has 8 nitrogen and oxygen atoms in total. The van der Waals surface area contributed by atoms with E-state index in [2.05, 4.69) is 29.0 Å². The molecule has 0 saturated carbocycles. The highest BCUT2D eigenvalue weighted by Crippen LogP contribution is 2.27. The van der Waals surface area contributed by atoms with Gasteiger partial charge in [-0.1, -0.05) is 6.92 Å². The first-order valence-corrected chi connectivity index (χ1v) is 11.6. The van der Waals surface area contributed by atoms with E-state index in [1.54, 1.807) is 48.6 Å². The van der Waals surface area contributed by atoms with Crippen molar-refractivity contribution in [2.45, 2.75) is 39.5 Å². The molecule has 2 heterocycles. The lowest BCUT2D eigenvalue weighted by Crippen LogP contribution is -2.46. The monoisotopic (exact) mass is 460 g/mol. The predicted molar refractivity (Wildman–Crippen MR) is 125 cm³/mol. The third-order valence-corrected chi connectivity index (χ3v) is 6.48. The Morgan fingerprint density at radius 1 is 1.34 bits per heavy atom. The average Bonchev–Trinajstić information content (AvgIpc) is 3.26. The SMILES string of the molecule is CO[C@H]1CN(C)C(=O)c2ccc(NC(C)=O)cc2OC[C@@H](C)N(Cc2nccs2)C[C@H]1C. The Bertz CT molecular complexity index is 921. The normalized spacial score (nSPS) is 23.0. The Morgan fingerprint density at radius 3 is 2.78 bits per heavy atom. The van der Waals surface area contributed by atoms with Crippen molar-refractivity contribution in [2.24, 2.45) is 5.92 Å². The van der Waals surface area contributed by atoms with Gasteiger partial charge in [0.05, 0.1) is 18.2 Å². The molecule has 3 rings (SSSR count). The number of ether oxygens (including phenoxy) is 2. The number of nitrogens with zero attached hydrogens (tertiary/aromatic N) is 3.